The molecule has 7 nitrogen and oxygen atoms in total. The molecule has 0 bridgehead atoms. The number of benzene rings is 2. The van der Waals surface area contributed by atoms with Crippen LogP contribution in [-0.2, 0) is 11.3 Å². The maximum Gasteiger partial charge on any atom is 0.244 e. The second kappa shape index (κ2) is 8.90. The highest BCUT2D eigenvalue weighted by Gasteiger charge is 2.30. The van der Waals surface area contributed by atoms with Crippen molar-refractivity contribution in [2.45, 2.75) is 20.4 Å². The highest BCUT2D eigenvalue weighted by Crippen LogP contribution is 2.44. The van der Waals surface area contributed by atoms with Gasteiger partial charge in [0.05, 0.1) is 16.8 Å². The summed E-state index contributed by atoms with van der Waals surface area (Å²) in [4.78, 5) is 17.2. The van der Waals surface area contributed by atoms with Crippen LogP contribution in [0.1, 0.15) is 34.9 Å². The molecule has 0 saturated carbocycles. The zero-order valence-electron chi connectivity index (χ0n) is 19.8. The topological polar surface area (TPSA) is 121 Å². The number of anilines is 2. The van der Waals surface area contributed by atoms with Gasteiger partial charge in [-0.1, -0.05) is 36.4 Å². The van der Waals surface area contributed by atoms with Gasteiger partial charge in [0.1, 0.15) is 24.5 Å². The van der Waals surface area contributed by atoms with E-state index in [0.29, 0.717) is 22.4 Å². The van der Waals surface area contributed by atoms with Crippen molar-refractivity contribution in [1.82, 2.24) is 9.55 Å². The van der Waals surface area contributed by atoms with Crippen molar-refractivity contribution in [3.63, 3.8) is 0 Å². The molecule has 0 radical (unpaired) electrons. The fraction of sp³-hybridized carbons (Fsp3) is 0.103. The predicted molar refractivity (Wildman–Crippen MR) is 141 cm³/mol. The Morgan fingerprint density at radius 3 is 2.53 bits per heavy atom. The number of carbonyl (C=O) groups excluding carboxylic acids is 1. The predicted octanol–water partition coefficient (Wildman–Crippen LogP) is 5.29. The number of allylic oxidation sites excluding steroid dienone is 3. The molecule has 1 amide bonds. The van der Waals surface area contributed by atoms with Gasteiger partial charge >= 0.3 is 0 Å². The van der Waals surface area contributed by atoms with Gasteiger partial charge in [-0.05, 0) is 54.8 Å². The number of nitriles is 2. The van der Waals surface area contributed by atoms with Crippen molar-refractivity contribution >= 4 is 45.5 Å². The van der Waals surface area contributed by atoms with E-state index in [0.717, 1.165) is 38.9 Å². The van der Waals surface area contributed by atoms with Crippen molar-refractivity contribution in [1.29, 1.82) is 10.5 Å². The van der Waals surface area contributed by atoms with Gasteiger partial charge in [-0.2, -0.15) is 10.5 Å². The normalized spacial score (nSPS) is 13.5. The van der Waals surface area contributed by atoms with Crippen LogP contribution in [0.4, 0.5) is 11.5 Å². The summed E-state index contributed by atoms with van der Waals surface area (Å²) in [5.74, 6) is -0.0130. The van der Waals surface area contributed by atoms with E-state index in [1.54, 1.807) is 0 Å². The molecule has 36 heavy (non-hydrogen) atoms. The van der Waals surface area contributed by atoms with Gasteiger partial charge in [0.2, 0.25) is 5.91 Å². The first kappa shape index (κ1) is 22.6. The lowest BCUT2D eigenvalue weighted by atomic mass is 9.95. The number of para-hydroxylation sites is 2. The quantitative estimate of drug-likeness (QED) is 0.420. The van der Waals surface area contributed by atoms with Gasteiger partial charge in [0.15, 0.2) is 0 Å². The van der Waals surface area contributed by atoms with Crippen LogP contribution in [0.2, 0.25) is 0 Å². The van der Waals surface area contributed by atoms with E-state index in [2.05, 4.69) is 22.4 Å². The lowest BCUT2D eigenvalue weighted by Gasteiger charge is -2.10. The number of nitrogen functional groups attached to an aromatic ring is 1. The van der Waals surface area contributed by atoms with Crippen LogP contribution in [0.15, 0.2) is 66.4 Å². The smallest absolute Gasteiger partial charge is 0.244 e. The molecule has 0 fully saturated rings. The fourth-order valence-corrected chi connectivity index (χ4v) is 4.75. The lowest BCUT2D eigenvalue weighted by molar-refractivity contribution is -0.116. The number of aromatic nitrogens is 2. The maximum atomic E-state index is 12.8. The van der Waals surface area contributed by atoms with E-state index in [1.807, 2.05) is 85.3 Å². The molecule has 174 valence electrons. The number of nitrogens with zero attached hydrogens (tertiary/aromatic N) is 4. The van der Waals surface area contributed by atoms with Crippen LogP contribution in [0, 0.1) is 29.6 Å². The van der Waals surface area contributed by atoms with E-state index in [4.69, 9.17) is 5.73 Å². The second-order valence-corrected chi connectivity index (χ2v) is 8.65. The minimum Gasteiger partial charge on any atom is -0.383 e. The maximum absolute atomic E-state index is 12.8. The Hall–Kier alpha value is -5.14. The van der Waals surface area contributed by atoms with Gasteiger partial charge in [0, 0.05) is 33.9 Å². The minimum absolute atomic E-state index is 0.122. The Morgan fingerprint density at radius 2 is 1.81 bits per heavy atom. The average Bonchev–Trinajstić information content (AvgIpc) is 3.34. The molecular weight excluding hydrogens is 448 g/mol. The molecule has 0 atom stereocenters. The van der Waals surface area contributed by atoms with Crippen LogP contribution < -0.4 is 11.1 Å². The summed E-state index contributed by atoms with van der Waals surface area (Å²) in [5, 5.41) is 23.4. The van der Waals surface area contributed by atoms with E-state index >= 15 is 0 Å². The summed E-state index contributed by atoms with van der Waals surface area (Å²) in [6, 6.07) is 21.6. The fourth-order valence-electron chi connectivity index (χ4n) is 4.75. The molecule has 4 aromatic rings. The van der Waals surface area contributed by atoms with Crippen molar-refractivity contribution in [3.05, 3.63) is 94.3 Å². The number of hydrogen-bond donors (Lipinski definition) is 2. The first-order valence-electron chi connectivity index (χ1n) is 11.4. The molecule has 2 aromatic carbocycles. The molecule has 0 spiro atoms. The number of carbonyl (C=O) groups is 1. The number of rotatable bonds is 4. The second-order valence-electron chi connectivity index (χ2n) is 8.65. The summed E-state index contributed by atoms with van der Waals surface area (Å²) < 4.78 is 1.91. The third-order valence-electron chi connectivity index (χ3n) is 6.47. The summed E-state index contributed by atoms with van der Waals surface area (Å²) in [7, 11) is 0. The van der Waals surface area contributed by atoms with E-state index in [-0.39, 0.29) is 18.3 Å². The number of nitrogens with one attached hydrogen (secondary N) is 1. The van der Waals surface area contributed by atoms with Crippen molar-refractivity contribution < 1.29 is 4.79 Å². The molecule has 3 N–H and O–H groups in total. The Balaban J connectivity index is 1.62. The average molecular weight is 471 g/mol. The molecule has 2 heterocycles. The van der Waals surface area contributed by atoms with Crippen molar-refractivity contribution in [2.75, 3.05) is 11.1 Å². The first-order valence-corrected chi connectivity index (χ1v) is 11.4. The zero-order valence-corrected chi connectivity index (χ0v) is 19.8. The Bertz CT molecular complexity index is 1690. The zero-order chi connectivity index (χ0) is 25.4. The summed E-state index contributed by atoms with van der Waals surface area (Å²) >= 11 is 0. The number of amides is 1. The molecule has 0 saturated heterocycles. The molecule has 0 unspecified atom stereocenters. The largest absolute Gasteiger partial charge is 0.383 e. The van der Waals surface area contributed by atoms with Crippen molar-refractivity contribution in [2.24, 2.45) is 0 Å². The Morgan fingerprint density at radius 1 is 1.08 bits per heavy atom. The van der Waals surface area contributed by atoms with Gasteiger partial charge in [-0.25, -0.2) is 4.98 Å². The number of nitrogens with two attached hydrogens (primary N) is 1. The van der Waals surface area contributed by atoms with Crippen LogP contribution in [0.3, 0.4) is 0 Å². The first-order chi connectivity index (χ1) is 17.4. The molecule has 2 aromatic heterocycles. The highest BCUT2D eigenvalue weighted by molar-refractivity contribution is 6.10. The molecular formula is C29H22N6O. The van der Waals surface area contributed by atoms with Gasteiger partial charge in [0.25, 0.3) is 0 Å². The standard InChI is InChI=1S/C29H22N6O/c1-17-22(27-18(2)24(14-31)29(32)34-28(27)23(17)13-30)12-19-15-35(25-11-7-6-10-21(19)25)16-26(36)33-20-8-4-3-5-9-20/h3-12,15H,16H2,1-2H3,(H2,32,34)(H,33,36)/b22-12+. The molecule has 1 aliphatic carbocycles. The molecule has 5 rings (SSSR count). The third kappa shape index (κ3) is 3.70. The van der Waals surface area contributed by atoms with Crippen LogP contribution in [-0.4, -0.2) is 15.5 Å². The van der Waals surface area contributed by atoms with E-state index in [1.165, 1.54) is 0 Å². The summed E-state index contributed by atoms with van der Waals surface area (Å²) in [6.07, 6.45) is 3.93. The number of fused-ring (bicyclic) bond motifs is 2. The van der Waals surface area contributed by atoms with Crippen molar-refractivity contribution in [3.8, 4) is 12.1 Å². The molecule has 1 aliphatic rings. The number of pyridine rings is 1. The summed E-state index contributed by atoms with van der Waals surface area (Å²) in [6.45, 7) is 3.84. The monoisotopic (exact) mass is 470 g/mol. The lowest BCUT2D eigenvalue weighted by Crippen LogP contribution is -2.18. The summed E-state index contributed by atoms with van der Waals surface area (Å²) in [5.41, 5.74) is 12.9. The SMILES string of the molecule is CC1=C(C#N)c2nc(N)c(C#N)c(C)c2/C1=C/c1cn(CC(=O)Nc2ccccc2)c2ccccc12. The van der Waals surface area contributed by atoms with Gasteiger partial charge in [-0.3, -0.25) is 4.79 Å². The van der Waals surface area contributed by atoms with Crippen LogP contribution >= 0.6 is 0 Å². The van der Waals surface area contributed by atoms with Gasteiger partial charge < -0.3 is 15.6 Å². The number of hydrogen-bond acceptors (Lipinski definition) is 5. The molecule has 0 aliphatic heterocycles. The van der Waals surface area contributed by atoms with Crippen LogP contribution in [0.25, 0.3) is 28.1 Å². The molecule has 7 heteroatoms. The van der Waals surface area contributed by atoms with E-state index < -0.39 is 0 Å². The Kier molecular flexibility index (Phi) is 5.60. The van der Waals surface area contributed by atoms with Crippen LogP contribution in [0.5, 0.6) is 0 Å². The third-order valence-corrected chi connectivity index (χ3v) is 6.47. The Labute approximate surface area is 208 Å². The van der Waals surface area contributed by atoms with Gasteiger partial charge in [-0.15, -0.1) is 0 Å². The minimum atomic E-state index is -0.135. The highest BCUT2D eigenvalue weighted by atomic mass is 16.1. The van der Waals surface area contributed by atoms with E-state index in [9.17, 15) is 15.3 Å².